The molecule has 0 amide bonds. The van der Waals surface area contributed by atoms with Gasteiger partial charge in [-0.25, -0.2) is 0 Å². The third-order valence-corrected chi connectivity index (χ3v) is 10.9. The number of ether oxygens (including phenoxy) is 3. The highest BCUT2D eigenvalue weighted by molar-refractivity contribution is 5.71. The number of carbonyl (C=O) groups is 3. The molecule has 0 unspecified atom stereocenters. The molecule has 0 aromatic heterocycles. The van der Waals surface area contributed by atoms with E-state index in [1.165, 1.54) is 103 Å². The monoisotopic (exact) mass is 877 g/mol. The Morgan fingerprint density at radius 1 is 0.333 bits per heavy atom. The lowest BCUT2D eigenvalue weighted by Crippen LogP contribution is -2.30. The minimum atomic E-state index is -0.809. The second kappa shape index (κ2) is 51.2. The quantitative estimate of drug-likeness (QED) is 0.0262. The summed E-state index contributed by atoms with van der Waals surface area (Å²) in [4.78, 5) is 37.9. The molecule has 0 fully saturated rings. The SMILES string of the molecule is CC/C=C/C/C=C/C/C=C/C/C=C/C/C=C/C/C=C/CCC(=O)OC[C@@H](COC(=O)CCCCCCCCCCCCCCC)OC(=O)CCCCCCC/C=C/CCCCCC. The topological polar surface area (TPSA) is 78.9 Å². The van der Waals surface area contributed by atoms with Crippen molar-refractivity contribution in [3.63, 3.8) is 0 Å². The molecule has 0 aliphatic rings. The Morgan fingerprint density at radius 2 is 0.651 bits per heavy atom. The van der Waals surface area contributed by atoms with Crippen molar-refractivity contribution in [3.05, 3.63) is 85.1 Å². The van der Waals surface area contributed by atoms with Crippen molar-refractivity contribution < 1.29 is 28.6 Å². The van der Waals surface area contributed by atoms with E-state index in [9.17, 15) is 14.4 Å². The Bertz CT molecular complexity index is 1240. The third kappa shape index (κ3) is 49.5. The molecule has 0 aliphatic carbocycles. The second-order valence-corrected chi connectivity index (χ2v) is 17.1. The molecule has 0 spiro atoms. The van der Waals surface area contributed by atoms with Crippen LogP contribution in [0.5, 0.6) is 0 Å². The van der Waals surface area contributed by atoms with Crippen molar-refractivity contribution in [2.75, 3.05) is 13.2 Å². The summed E-state index contributed by atoms with van der Waals surface area (Å²) in [6.45, 7) is 6.43. The molecule has 0 rings (SSSR count). The van der Waals surface area contributed by atoms with E-state index >= 15 is 0 Å². The molecule has 0 heterocycles. The fraction of sp³-hybridized carbons (Fsp3) is 0.702. The van der Waals surface area contributed by atoms with Crippen molar-refractivity contribution in [1.29, 1.82) is 0 Å². The summed E-state index contributed by atoms with van der Waals surface area (Å²) in [7, 11) is 0. The average molecular weight is 877 g/mol. The molecule has 0 saturated carbocycles. The fourth-order valence-electron chi connectivity index (χ4n) is 6.99. The van der Waals surface area contributed by atoms with E-state index in [4.69, 9.17) is 14.2 Å². The van der Waals surface area contributed by atoms with Crippen LogP contribution in [0.3, 0.4) is 0 Å². The van der Waals surface area contributed by atoms with E-state index in [1.54, 1.807) is 0 Å². The zero-order valence-electron chi connectivity index (χ0n) is 41.1. The summed E-state index contributed by atoms with van der Waals surface area (Å²) in [5, 5.41) is 0. The summed E-state index contributed by atoms with van der Waals surface area (Å²) in [6.07, 6.45) is 65.7. The van der Waals surface area contributed by atoms with Gasteiger partial charge in [-0.05, 0) is 83.5 Å². The first-order valence-corrected chi connectivity index (χ1v) is 26.1. The number of allylic oxidation sites excluding steroid dienone is 14. The lowest BCUT2D eigenvalue weighted by molar-refractivity contribution is -0.166. The lowest BCUT2D eigenvalue weighted by Gasteiger charge is -2.18. The van der Waals surface area contributed by atoms with Gasteiger partial charge in [0.05, 0.1) is 0 Å². The van der Waals surface area contributed by atoms with Crippen molar-refractivity contribution >= 4 is 17.9 Å². The van der Waals surface area contributed by atoms with E-state index in [0.717, 1.165) is 89.9 Å². The highest BCUT2D eigenvalue weighted by Crippen LogP contribution is 2.14. The lowest BCUT2D eigenvalue weighted by atomic mass is 10.0. The van der Waals surface area contributed by atoms with E-state index < -0.39 is 6.10 Å². The minimum absolute atomic E-state index is 0.102. The van der Waals surface area contributed by atoms with Crippen LogP contribution in [0.25, 0.3) is 0 Å². The highest BCUT2D eigenvalue weighted by Gasteiger charge is 2.19. The van der Waals surface area contributed by atoms with Crippen LogP contribution < -0.4 is 0 Å². The summed E-state index contributed by atoms with van der Waals surface area (Å²) in [5.41, 5.74) is 0. The van der Waals surface area contributed by atoms with Gasteiger partial charge in [-0.15, -0.1) is 0 Å². The van der Waals surface area contributed by atoms with Crippen molar-refractivity contribution in [2.45, 2.75) is 245 Å². The predicted octanol–water partition coefficient (Wildman–Crippen LogP) is 17.2. The van der Waals surface area contributed by atoms with Crippen LogP contribution in [-0.2, 0) is 28.6 Å². The zero-order valence-corrected chi connectivity index (χ0v) is 41.1. The molecule has 1 atom stereocenters. The molecule has 0 radical (unpaired) electrons. The maximum Gasteiger partial charge on any atom is 0.306 e. The van der Waals surface area contributed by atoms with Crippen LogP contribution in [0.15, 0.2) is 85.1 Å². The van der Waals surface area contributed by atoms with E-state index in [0.29, 0.717) is 19.3 Å². The number of rotatable bonds is 46. The molecule has 0 aromatic rings. The molecule has 6 nitrogen and oxygen atoms in total. The highest BCUT2D eigenvalue weighted by atomic mass is 16.6. The second-order valence-electron chi connectivity index (χ2n) is 17.1. The summed E-state index contributed by atoms with van der Waals surface area (Å²) in [5.74, 6) is -0.998. The Kier molecular flexibility index (Phi) is 48.5. The van der Waals surface area contributed by atoms with Gasteiger partial charge in [-0.3, -0.25) is 14.4 Å². The van der Waals surface area contributed by atoms with Crippen LogP contribution in [0, 0.1) is 0 Å². The van der Waals surface area contributed by atoms with E-state index in [-0.39, 0.29) is 37.5 Å². The van der Waals surface area contributed by atoms with Crippen LogP contribution in [0.1, 0.15) is 239 Å². The number of carbonyl (C=O) groups excluding carboxylic acids is 3. The summed E-state index contributed by atoms with van der Waals surface area (Å²) in [6, 6.07) is 0. The molecule has 0 N–H and O–H groups in total. The standard InChI is InChI=1S/C57H96O6/c1-4-7-10-13-16-19-22-25-26-27-28-29-30-33-35-38-41-44-47-50-56(59)62-53-54(63-57(60)51-48-45-42-39-36-32-24-21-18-15-12-9-6-3)52-61-55(58)49-46-43-40-37-34-31-23-20-17-14-11-8-5-2/h7,10,16,19,21,24-26,28-29,33,35,41,44,54H,4-6,8-9,11-15,17-18,20,22-23,27,30-32,34,36-40,42-43,45-53H2,1-3H3/b10-7+,19-16+,24-21+,26-25+,29-28+,35-33+,44-41+/t54-/m1/s1. The first-order chi connectivity index (χ1) is 31.0. The molecule has 6 heteroatoms. The van der Waals surface area contributed by atoms with Crippen molar-refractivity contribution in [1.82, 2.24) is 0 Å². The van der Waals surface area contributed by atoms with Gasteiger partial charge >= 0.3 is 17.9 Å². The van der Waals surface area contributed by atoms with Gasteiger partial charge in [0, 0.05) is 19.3 Å². The Morgan fingerprint density at radius 3 is 1.08 bits per heavy atom. The Balaban J connectivity index is 4.49. The number of unbranched alkanes of at least 4 members (excludes halogenated alkanes) is 21. The van der Waals surface area contributed by atoms with Crippen molar-refractivity contribution in [2.24, 2.45) is 0 Å². The van der Waals surface area contributed by atoms with Crippen LogP contribution in [0.2, 0.25) is 0 Å². The van der Waals surface area contributed by atoms with Gasteiger partial charge in [-0.2, -0.15) is 0 Å². The molecule has 0 aliphatic heterocycles. The van der Waals surface area contributed by atoms with Crippen LogP contribution >= 0.6 is 0 Å². The first kappa shape index (κ1) is 59.6. The van der Waals surface area contributed by atoms with Gasteiger partial charge in [-0.1, -0.05) is 221 Å². The van der Waals surface area contributed by atoms with Gasteiger partial charge in [0.25, 0.3) is 0 Å². The maximum absolute atomic E-state index is 12.8. The third-order valence-electron chi connectivity index (χ3n) is 10.9. The zero-order chi connectivity index (χ0) is 45.8. The molecular weight excluding hydrogens is 781 g/mol. The molecule has 0 saturated heterocycles. The summed E-state index contributed by atoms with van der Waals surface area (Å²) < 4.78 is 16.7. The fourth-order valence-corrected chi connectivity index (χ4v) is 6.99. The molecule has 63 heavy (non-hydrogen) atoms. The van der Waals surface area contributed by atoms with Gasteiger partial charge in [0.15, 0.2) is 6.10 Å². The number of esters is 3. The normalized spacial score (nSPS) is 12.7. The van der Waals surface area contributed by atoms with E-state index in [1.807, 2.05) is 6.08 Å². The first-order valence-electron chi connectivity index (χ1n) is 26.1. The molecule has 0 aromatic carbocycles. The number of hydrogen-bond acceptors (Lipinski definition) is 6. The van der Waals surface area contributed by atoms with Gasteiger partial charge < -0.3 is 14.2 Å². The molecular formula is C57H96O6. The van der Waals surface area contributed by atoms with Crippen LogP contribution in [0.4, 0.5) is 0 Å². The largest absolute Gasteiger partial charge is 0.462 e. The van der Waals surface area contributed by atoms with Crippen LogP contribution in [-0.4, -0.2) is 37.2 Å². The minimum Gasteiger partial charge on any atom is -0.462 e. The smallest absolute Gasteiger partial charge is 0.306 e. The van der Waals surface area contributed by atoms with E-state index in [2.05, 4.69) is 99.8 Å². The number of hydrogen-bond donors (Lipinski definition) is 0. The molecule has 360 valence electrons. The van der Waals surface area contributed by atoms with Gasteiger partial charge in [0.2, 0.25) is 0 Å². The molecule has 0 bridgehead atoms. The Labute approximate surface area is 388 Å². The van der Waals surface area contributed by atoms with Crippen molar-refractivity contribution in [3.8, 4) is 0 Å². The Hall–Kier alpha value is -3.41. The summed E-state index contributed by atoms with van der Waals surface area (Å²) >= 11 is 0. The van der Waals surface area contributed by atoms with Gasteiger partial charge in [0.1, 0.15) is 13.2 Å². The predicted molar refractivity (Wildman–Crippen MR) is 270 cm³/mol. The maximum atomic E-state index is 12.8. The average Bonchev–Trinajstić information content (AvgIpc) is 3.28.